The largest absolute Gasteiger partial charge is 0.332 e. The summed E-state index contributed by atoms with van der Waals surface area (Å²) in [6, 6.07) is 5.95. The molecule has 0 bridgehead atoms. The van der Waals surface area contributed by atoms with E-state index in [0.717, 1.165) is 56.3 Å². The summed E-state index contributed by atoms with van der Waals surface area (Å²) in [5.74, 6) is 1.63. The standard InChI is InChI=1S/C20H29N7O/c1-16-8-12-25(13-9-16)14-19-22-23-24-27(19)15-20(28)26-11-5-3-7-18(26)17-6-2-4-10-21-17/h2,4,6,10,16,18H,3,5,7-9,11-15H2,1H3. The molecule has 2 aromatic heterocycles. The molecule has 150 valence electrons. The zero-order valence-electron chi connectivity index (χ0n) is 16.6. The zero-order chi connectivity index (χ0) is 19.3. The molecule has 1 amide bonds. The number of piperidine rings is 2. The van der Waals surface area contributed by atoms with Crippen LogP contribution >= 0.6 is 0 Å². The average molecular weight is 384 g/mol. The molecule has 1 unspecified atom stereocenters. The third-order valence-electron chi connectivity index (χ3n) is 5.98. The molecule has 2 aliphatic heterocycles. The predicted molar refractivity (Wildman–Crippen MR) is 104 cm³/mol. The molecule has 0 spiro atoms. The number of hydrogen-bond donors (Lipinski definition) is 0. The quantitative estimate of drug-likeness (QED) is 0.786. The SMILES string of the molecule is CC1CCN(Cc2nnnn2CC(=O)N2CCCCC2c2ccccn2)CC1. The molecule has 8 heteroatoms. The molecule has 2 aromatic rings. The number of nitrogens with zero attached hydrogens (tertiary/aromatic N) is 7. The number of aromatic nitrogens is 5. The summed E-state index contributed by atoms with van der Waals surface area (Å²) in [6.45, 7) is 6.09. The molecule has 0 aromatic carbocycles. The molecule has 2 aliphatic rings. The van der Waals surface area contributed by atoms with Gasteiger partial charge in [-0.3, -0.25) is 14.7 Å². The summed E-state index contributed by atoms with van der Waals surface area (Å²) in [4.78, 5) is 21.9. The second kappa shape index (κ2) is 8.77. The van der Waals surface area contributed by atoms with Gasteiger partial charge in [0.1, 0.15) is 6.54 Å². The lowest BCUT2D eigenvalue weighted by molar-refractivity contribution is -0.136. The lowest BCUT2D eigenvalue weighted by Gasteiger charge is -2.35. The van der Waals surface area contributed by atoms with Crippen molar-refractivity contribution in [1.82, 2.24) is 35.0 Å². The Balaban J connectivity index is 1.42. The van der Waals surface area contributed by atoms with Gasteiger partial charge in [-0.15, -0.1) is 5.10 Å². The summed E-state index contributed by atoms with van der Waals surface area (Å²) in [5, 5.41) is 12.1. The van der Waals surface area contributed by atoms with E-state index in [2.05, 4.69) is 32.3 Å². The van der Waals surface area contributed by atoms with Crippen molar-refractivity contribution in [3.63, 3.8) is 0 Å². The lowest BCUT2D eigenvalue weighted by atomic mass is 9.98. The fourth-order valence-corrected chi connectivity index (χ4v) is 4.21. The van der Waals surface area contributed by atoms with E-state index in [9.17, 15) is 4.79 Å². The van der Waals surface area contributed by atoms with E-state index in [4.69, 9.17) is 0 Å². The van der Waals surface area contributed by atoms with E-state index < -0.39 is 0 Å². The Bertz CT molecular complexity index is 770. The van der Waals surface area contributed by atoms with Crippen LogP contribution in [0.3, 0.4) is 0 Å². The van der Waals surface area contributed by atoms with Crippen LogP contribution in [0.2, 0.25) is 0 Å². The first-order valence-corrected chi connectivity index (χ1v) is 10.4. The topological polar surface area (TPSA) is 80.0 Å². The van der Waals surface area contributed by atoms with E-state index >= 15 is 0 Å². The van der Waals surface area contributed by atoms with Crippen molar-refractivity contribution in [2.45, 2.75) is 58.2 Å². The predicted octanol–water partition coefficient (Wildman–Crippen LogP) is 2.05. The van der Waals surface area contributed by atoms with Gasteiger partial charge >= 0.3 is 0 Å². The minimum Gasteiger partial charge on any atom is -0.332 e. The van der Waals surface area contributed by atoms with Gasteiger partial charge in [-0.1, -0.05) is 13.0 Å². The van der Waals surface area contributed by atoms with Crippen LogP contribution < -0.4 is 0 Å². The number of rotatable bonds is 5. The van der Waals surface area contributed by atoms with Gasteiger partial charge in [-0.2, -0.15) is 0 Å². The highest BCUT2D eigenvalue weighted by molar-refractivity contribution is 5.76. The van der Waals surface area contributed by atoms with E-state index in [-0.39, 0.29) is 18.5 Å². The Morgan fingerprint density at radius 1 is 1.14 bits per heavy atom. The molecule has 1 atom stereocenters. The van der Waals surface area contributed by atoms with Crippen molar-refractivity contribution < 1.29 is 4.79 Å². The monoisotopic (exact) mass is 383 g/mol. The fraction of sp³-hybridized carbons (Fsp3) is 0.650. The van der Waals surface area contributed by atoms with Gasteiger partial charge in [0.25, 0.3) is 0 Å². The van der Waals surface area contributed by atoms with Crippen LogP contribution in [0.15, 0.2) is 24.4 Å². The van der Waals surface area contributed by atoms with Gasteiger partial charge in [-0.05, 0) is 73.7 Å². The van der Waals surface area contributed by atoms with Crippen LogP contribution in [0, 0.1) is 5.92 Å². The maximum Gasteiger partial charge on any atom is 0.245 e. The van der Waals surface area contributed by atoms with E-state index in [1.807, 2.05) is 23.1 Å². The van der Waals surface area contributed by atoms with Crippen molar-refractivity contribution >= 4 is 5.91 Å². The molecule has 2 saturated heterocycles. The van der Waals surface area contributed by atoms with Crippen LogP contribution in [0.5, 0.6) is 0 Å². The van der Waals surface area contributed by atoms with Gasteiger partial charge in [0.2, 0.25) is 5.91 Å². The summed E-state index contributed by atoms with van der Waals surface area (Å²) in [6.07, 6.45) is 7.32. The smallest absolute Gasteiger partial charge is 0.245 e. The lowest BCUT2D eigenvalue weighted by Crippen LogP contribution is -2.41. The number of amides is 1. The van der Waals surface area contributed by atoms with Crippen LogP contribution in [-0.4, -0.2) is 60.5 Å². The van der Waals surface area contributed by atoms with Crippen LogP contribution in [0.25, 0.3) is 0 Å². The molecule has 0 aliphatic carbocycles. The Morgan fingerprint density at radius 3 is 2.79 bits per heavy atom. The molecule has 0 saturated carbocycles. The Kier molecular flexibility index (Phi) is 5.95. The minimum atomic E-state index is 0.0472. The maximum atomic E-state index is 13.1. The molecular formula is C20H29N7O. The molecule has 4 heterocycles. The first-order valence-electron chi connectivity index (χ1n) is 10.4. The number of carbonyl (C=O) groups is 1. The molecule has 0 radical (unpaired) electrons. The van der Waals surface area contributed by atoms with E-state index in [0.29, 0.717) is 6.54 Å². The maximum absolute atomic E-state index is 13.1. The fourth-order valence-electron chi connectivity index (χ4n) is 4.21. The molecule has 28 heavy (non-hydrogen) atoms. The van der Waals surface area contributed by atoms with Crippen LogP contribution in [0.1, 0.15) is 56.6 Å². The van der Waals surface area contributed by atoms with Gasteiger partial charge in [-0.25, -0.2) is 4.68 Å². The Hall–Kier alpha value is -2.35. The third kappa shape index (κ3) is 4.38. The van der Waals surface area contributed by atoms with E-state index in [1.165, 1.54) is 12.8 Å². The summed E-state index contributed by atoms with van der Waals surface area (Å²) < 4.78 is 1.67. The number of likely N-dealkylation sites (tertiary alicyclic amines) is 2. The Morgan fingerprint density at radius 2 is 2.00 bits per heavy atom. The number of pyridine rings is 1. The third-order valence-corrected chi connectivity index (χ3v) is 5.98. The molecule has 0 N–H and O–H groups in total. The Labute approximate surface area is 165 Å². The van der Waals surface area contributed by atoms with Gasteiger partial charge in [0.15, 0.2) is 5.82 Å². The summed E-state index contributed by atoms with van der Waals surface area (Å²) in [5.41, 5.74) is 0.968. The first kappa shape index (κ1) is 19.0. The van der Waals surface area contributed by atoms with Crippen molar-refractivity contribution in [1.29, 1.82) is 0 Å². The second-order valence-corrected chi connectivity index (χ2v) is 8.06. The normalized spacial score (nSPS) is 21.8. The molecule has 4 rings (SSSR count). The number of carbonyl (C=O) groups excluding carboxylic acids is 1. The molecule has 2 fully saturated rings. The number of tetrazole rings is 1. The van der Waals surface area contributed by atoms with Crippen molar-refractivity contribution in [3.05, 3.63) is 35.9 Å². The van der Waals surface area contributed by atoms with Crippen molar-refractivity contribution in [2.75, 3.05) is 19.6 Å². The van der Waals surface area contributed by atoms with Crippen molar-refractivity contribution in [3.8, 4) is 0 Å². The first-order chi connectivity index (χ1) is 13.7. The van der Waals surface area contributed by atoms with Gasteiger partial charge in [0, 0.05) is 12.7 Å². The summed E-state index contributed by atoms with van der Waals surface area (Å²) >= 11 is 0. The highest BCUT2D eigenvalue weighted by Crippen LogP contribution is 2.29. The molecular weight excluding hydrogens is 354 g/mol. The highest BCUT2D eigenvalue weighted by atomic mass is 16.2. The van der Waals surface area contributed by atoms with Gasteiger partial charge in [0.05, 0.1) is 18.3 Å². The second-order valence-electron chi connectivity index (χ2n) is 8.06. The average Bonchev–Trinajstić information content (AvgIpc) is 3.17. The molecule has 8 nitrogen and oxygen atoms in total. The summed E-state index contributed by atoms with van der Waals surface area (Å²) in [7, 11) is 0. The van der Waals surface area contributed by atoms with Crippen molar-refractivity contribution in [2.24, 2.45) is 5.92 Å². The van der Waals surface area contributed by atoms with Crippen LogP contribution in [-0.2, 0) is 17.9 Å². The zero-order valence-corrected chi connectivity index (χ0v) is 16.6. The van der Waals surface area contributed by atoms with Gasteiger partial charge < -0.3 is 4.90 Å². The highest BCUT2D eigenvalue weighted by Gasteiger charge is 2.29. The number of hydrogen-bond acceptors (Lipinski definition) is 6. The van der Waals surface area contributed by atoms with E-state index in [1.54, 1.807) is 10.9 Å². The minimum absolute atomic E-state index is 0.0472. The van der Waals surface area contributed by atoms with Crippen LogP contribution in [0.4, 0.5) is 0 Å².